The summed E-state index contributed by atoms with van der Waals surface area (Å²) < 4.78 is 5.38. The Labute approximate surface area is 181 Å². The third-order valence-electron chi connectivity index (χ3n) is 6.10. The van der Waals surface area contributed by atoms with Gasteiger partial charge in [0.05, 0.1) is 7.11 Å². The van der Waals surface area contributed by atoms with E-state index in [1.807, 2.05) is 48.7 Å². The topological polar surface area (TPSA) is 51.2 Å². The van der Waals surface area contributed by atoms with Crippen LogP contribution in [0.4, 0.5) is 0 Å². The van der Waals surface area contributed by atoms with E-state index in [0.717, 1.165) is 39.6 Å². The van der Waals surface area contributed by atoms with E-state index in [9.17, 15) is 4.79 Å². The number of methoxy groups -OCH3 is 1. The Kier molecular flexibility index (Phi) is 5.13. The summed E-state index contributed by atoms with van der Waals surface area (Å²) in [5.41, 5.74) is 4.52. The minimum atomic E-state index is 0.0754. The molecule has 0 unspecified atom stereocenters. The zero-order valence-corrected chi connectivity index (χ0v) is 17.4. The van der Waals surface area contributed by atoms with E-state index in [2.05, 4.69) is 40.6 Å². The molecule has 1 aliphatic rings. The Morgan fingerprint density at radius 1 is 1.03 bits per heavy atom. The molecule has 1 fully saturated rings. The fourth-order valence-corrected chi connectivity index (χ4v) is 4.32. The van der Waals surface area contributed by atoms with E-state index in [-0.39, 0.29) is 11.8 Å². The number of ether oxygens (including phenoxy) is 1. The molecule has 5 rings (SSSR count). The molecule has 1 aliphatic carbocycles. The predicted molar refractivity (Wildman–Crippen MR) is 123 cm³/mol. The van der Waals surface area contributed by atoms with E-state index in [0.29, 0.717) is 12.5 Å². The SMILES string of the molecule is COc1cccc(-c2ccc(CNC(=O)[C@@H]3C[C@H]3c3ccccc3)c3ccncc23)c1. The number of hydrogen-bond acceptors (Lipinski definition) is 3. The van der Waals surface area contributed by atoms with E-state index in [1.54, 1.807) is 13.3 Å². The summed E-state index contributed by atoms with van der Waals surface area (Å²) in [4.78, 5) is 17.1. The molecule has 4 heteroatoms. The first-order valence-electron chi connectivity index (χ1n) is 10.6. The minimum absolute atomic E-state index is 0.0754. The van der Waals surface area contributed by atoms with Crippen molar-refractivity contribution in [3.05, 3.63) is 96.3 Å². The molecule has 31 heavy (non-hydrogen) atoms. The van der Waals surface area contributed by atoms with Crippen molar-refractivity contribution in [2.75, 3.05) is 7.11 Å². The molecule has 1 heterocycles. The van der Waals surface area contributed by atoms with Gasteiger partial charge in [0.25, 0.3) is 0 Å². The number of carbonyl (C=O) groups is 1. The third kappa shape index (κ3) is 3.89. The molecule has 4 nitrogen and oxygen atoms in total. The fourth-order valence-electron chi connectivity index (χ4n) is 4.32. The smallest absolute Gasteiger partial charge is 0.224 e. The lowest BCUT2D eigenvalue weighted by atomic mass is 9.96. The van der Waals surface area contributed by atoms with Gasteiger partial charge < -0.3 is 10.1 Å². The van der Waals surface area contributed by atoms with Gasteiger partial charge >= 0.3 is 0 Å². The van der Waals surface area contributed by atoms with Crippen molar-refractivity contribution in [1.82, 2.24) is 10.3 Å². The molecule has 154 valence electrons. The first kappa shape index (κ1) is 19.3. The maximum absolute atomic E-state index is 12.7. The summed E-state index contributed by atoms with van der Waals surface area (Å²) in [6.45, 7) is 0.510. The zero-order valence-electron chi connectivity index (χ0n) is 17.4. The Hall–Kier alpha value is -3.66. The molecule has 1 N–H and O–H groups in total. The van der Waals surface area contributed by atoms with E-state index in [1.165, 1.54) is 5.56 Å². The Morgan fingerprint density at radius 2 is 1.90 bits per heavy atom. The lowest BCUT2D eigenvalue weighted by molar-refractivity contribution is -0.122. The fraction of sp³-hybridized carbons (Fsp3) is 0.185. The van der Waals surface area contributed by atoms with Crippen LogP contribution in [0.3, 0.4) is 0 Å². The Balaban J connectivity index is 1.36. The van der Waals surface area contributed by atoms with Gasteiger partial charge in [-0.05, 0) is 58.2 Å². The van der Waals surface area contributed by atoms with Crippen molar-refractivity contribution < 1.29 is 9.53 Å². The molecule has 1 amide bonds. The summed E-state index contributed by atoms with van der Waals surface area (Å²) in [6.07, 6.45) is 4.62. The van der Waals surface area contributed by atoms with Gasteiger partial charge in [-0.2, -0.15) is 0 Å². The molecule has 0 aliphatic heterocycles. The van der Waals surface area contributed by atoms with Crippen LogP contribution >= 0.6 is 0 Å². The summed E-state index contributed by atoms with van der Waals surface area (Å²) in [6, 6.07) is 24.5. The van der Waals surface area contributed by atoms with E-state index >= 15 is 0 Å². The number of pyridine rings is 1. The quantitative estimate of drug-likeness (QED) is 0.469. The number of fused-ring (bicyclic) bond motifs is 1. The molecule has 1 saturated carbocycles. The molecular weight excluding hydrogens is 384 g/mol. The van der Waals surface area contributed by atoms with E-state index < -0.39 is 0 Å². The second-order valence-electron chi connectivity index (χ2n) is 8.00. The summed E-state index contributed by atoms with van der Waals surface area (Å²) in [5, 5.41) is 5.32. The molecule has 3 aromatic carbocycles. The van der Waals surface area contributed by atoms with Gasteiger partial charge in [0.15, 0.2) is 0 Å². The van der Waals surface area contributed by atoms with Crippen LogP contribution in [-0.4, -0.2) is 18.0 Å². The lowest BCUT2D eigenvalue weighted by Crippen LogP contribution is -2.25. The number of hydrogen-bond donors (Lipinski definition) is 1. The van der Waals surface area contributed by atoms with Crippen molar-refractivity contribution in [3.8, 4) is 16.9 Å². The van der Waals surface area contributed by atoms with Crippen molar-refractivity contribution in [3.63, 3.8) is 0 Å². The van der Waals surface area contributed by atoms with Crippen LogP contribution in [0.15, 0.2) is 85.2 Å². The van der Waals surface area contributed by atoms with Gasteiger partial charge in [0.2, 0.25) is 5.91 Å². The van der Waals surface area contributed by atoms with Crippen LogP contribution in [0, 0.1) is 5.92 Å². The van der Waals surface area contributed by atoms with Crippen LogP contribution in [0.5, 0.6) is 5.75 Å². The third-order valence-corrected chi connectivity index (χ3v) is 6.10. The number of nitrogens with zero attached hydrogens (tertiary/aromatic N) is 1. The van der Waals surface area contributed by atoms with Crippen LogP contribution in [0.2, 0.25) is 0 Å². The van der Waals surface area contributed by atoms with Gasteiger partial charge in [-0.1, -0.05) is 54.6 Å². The number of rotatable bonds is 6. The summed E-state index contributed by atoms with van der Waals surface area (Å²) >= 11 is 0. The number of aromatic nitrogens is 1. The van der Waals surface area contributed by atoms with Crippen LogP contribution in [0.1, 0.15) is 23.5 Å². The number of nitrogens with one attached hydrogen (secondary N) is 1. The standard InChI is InChI=1S/C27H24N2O2/c1-31-21-9-5-8-19(14-21)22-11-10-20(23-12-13-28-17-26(22)23)16-29-27(30)25-15-24(25)18-6-3-2-4-7-18/h2-14,17,24-25H,15-16H2,1H3,(H,29,30)/t24-,25+/m0/s1. The molecule has 1 aromatic heterocycles. The number of amides is 1. The van der Waals surface area contributed by atoms with Gasteiger partial charge in [0, 0.05) is 30.2 Å². The van der Waals surface area contributed by atoms with Crippen LogP contribution in [-0.2, 0) is 11.3 Å². The van der Waals surface area contributed by atoms with Crippen molar-refractivity contribution >= 4 is 16.7 Å². The predicted octanol–water partition coefficient (Wildman–Crippen LogP) is 5.33. The maximum Gasteiger partial charge on any atom is 0.224 e. The molecule has 0 spiro atoms. The van der Waals surface area contributed by atoms with Gasteiger partial charge in [-0.25, -0.2) is 0 Å². The minimum Gasteiger partial charge on any atom is -0.497 e. The highest BCUT2D eigenvalue weighted by atomic mass is 16.5. The molecule has 4 aromatic rings. The molecule has 2 atom stereocenters. The van der Waals surface area contributed by atoms with E-state index in [4.69, 9.17) is 4.74 Å². The summed E-state index contributed by atoms with van der Waals surface area (Å²) in [5.74, 6) is 1.38. The molecule has 0 saturated heterocycles. The second kappa shape index (κ2) is 8.23. The van der Waals surface area contributed by atoms with Gasteiger partial charge in [-0.3, -0.25) is 9.78 Å². The van der Waals surface area contributed by atoms with Crippen molar-refractivity contribution in [1.29, 1.82) is 0 Å². The Morgan fingerprint density at radius 3 is 2.74 bits per heavy atom. The van der Waals surface area contributed by atoms with Crippen molar-refractivity contribution in [2.45, 2.75) is 18.9 Å². The van der Waals surface area contributed by atoms with Crippen LogP contribution in [0.25, 0.3) is 21.9 Å². The maximum atomic E-state index is 12.7. The average Bonchev–Trinajstić information content (AvgIpc) is 3.64. The Bertz CT molecular complexity index is 1240. The second-order valence-corrected chi connectivity index (χ2v) is 8.00. The zero-order chi connectivity index (χ0) is 21.2. The van der Waals surface area contributed by atoms with Crippen LogP contribution < -0.4 is 10.1 Å². The molecule has 0 radical (unpaired) electrons. The highest BCUT2D eigenvalue weighted by molar-refractivity contribution is 5.98. The molecule has 0 bridgehead atoms. The highest BCUT2D eigenvalue weighted by Crippen LogP contribution is 2.47. The average molecular weight is 409 g/mol. The lowest BCUT2D eigenvalue weighted by Gasteiger charge is -2.13. The molecular formula is C27H24N2O2. The number of carbonyl (C=O) groups excluding carboxylic acids is 1. The number of benzene rings is 3. The first-order valence-corrected chi connectivity index (χ1v) is 10.6. The van der Waals surface area contributed by atoms with Gasteiger partial charge in [0.1, 0.15) is 5.75 Å². The van der Waals surface area contributed by atoms with Gasteiger partial charge in [-0.15, -0.1) is 0 Å². The first-order chi connectivity index (χ1) is 15.2. The summed E-state index contributed by atoms with van der Waals surface area (Å²) in [7, 11) is 1.67. The monoisotopic (exact) mass is 408 g/mol. The highest BCUT2D eigenvalue weighted by Gasteiger charge is 2.43. The van der Waals surface area contributed by atoms with Crippen molar-refractivity contribution in [2.24, 2.45) is 5.92 Å². The largest absolute Gasteiger partial charge is 0.497 e. The normalized spacial score (nSPS) is 17.3.